The van der Waals surface area contributed by atoms with Gasteiger partial charge in [0.15, 0.2) is 0 Å². The Morgan fingerprint density at radius 3 is 2.80 bits per heavy atom. The Hall–Kier alpha value is -3.30. The first-order valence-electron chi connectivity index (χ1n) is 7.22. The van der Waals surface area contributed by atoms with Gasteiger partial charge in [-0.2, -0.15) is 9.67 Å². The Morgan fingerprint density at radius 1 is 1.28 bits per heavy atom. The lowest BCUT2D eigenvalue weighted by atomic mass is 10.2. The zero-order valence-electron chi connectivity index (χ0n) is 12.9. The van der Waals surface area contributed by atoms with Crippen LogP contribution in [0.5, 0.6) is 5.75 Å². The van der Waals surface area contributed by atoms with Crippen molar-refractivity contribution in [3.05, 3.63) is 53.6 Å². The first kappa shape index (κ1) is 16.6. The summed E-state index contributed by atoms with van der Waals surface area (Å²) < 4.78 is 6.47. The molecular formula is C16H14N4O5. The minimum Gasteiger partial charge on any atom is -0.508 e. The molecule has 25 heavy (non-hydrogen) atoms. The lowest BCUT2D eigenvalue weighted by Gasteiger charge is -2.10. The second-order valence-electron chi connectivity index (χ2n) is 5.04. The molecule has 3 aromatic rings. The Kier molecular flexibility index (Phi) is 4.68. The minimum absolute atomic E-state index is 0.0133. The smallest absolute Gasteiger partial charge is 0.256 e. The zero-order valence-corrected chi connectivity index (χ0v) is 12.9. The fraction of sp³-hybridized carbons (Fsp3) is 0.125. The molecule has 0 aliphatic heterocycles. The molecule has 0 aliphatic rings. The van der Waals surface area contributed by atoms with Crippen molar-refractivity contribution in [3.63, 3.8) is 0 Å². The SMILES string of the molecule is O=C/N=C(\OCc1ccccc1O)c1ccc2c(c1)nnn2C(O)O. The van der Waals surface area contributed by atoms with E-state index in [-0.39, 0.29) is 18.3 Å². The Morgan fingerprint density at radius 2 is 2.08 bits per heavy atom. The highest BCUT2D eigenvalue weighted by molar-refractivity contribution is 6.00. The van der Waals surface area contributed by atoms with E-state index in [0.29, 0.717) is 28.6 Å². The average molecular weight is 342 g/mol. The van der Waals surface area contributed by atoms with Gasteiger partial charge >= 0.3 is 0 Å². The molecule has 128 valence electrons. The van der Waals surface area contributed by atoms with E-state index in [1.807, 2.05) is 0 Å². The van der Waals surface area contributed by atoms with Crippen LogP contribution in [0.15, 0.2) is 47.5 Å². The van der Waals surface area contributed by atoms with Crippen molar-refractivity contribution < 1.29 is 24.9 Å². The Balaban J connectivity index is 1.88. The number of para-hydroxylation sites is 1. The van der Waals surface area contributed by atoms with Crippen molar-refractivity contribution in [1.82, 2.24) is 15.0 Å². The Labute approximate surface area is 141 Å². The fourth-order valence-electron chi connectivity index (χ4n) is 2.27. The largest absolute Gasteiger partial charge is 0.508 e. The zero-order chi connectivity index (χ0) is 17.8. The number of nitrogens with zero attached hydrogens (tertiary/aromatic N) is 4. The van der Waals surface area contributed by atoms with Crippen LogP contribution < -0.4 is 0 Å². The number of benzene rings is 2. The summed E-state index contributed by atoms with van der Waals surface area (Å²) in [5.41, 5.74) is 1.76. The van der Waals surface area contributed by atoms with Gasteiger partial charge in [-0.15, -0.1) is 5.10 Å². The molecule has 0 saturated carbocycles. The first-order chi connectivity index (χ1) is 12.1. The highest BCUT2D eigenvalue weighted by Gasteiger charge is 2.13. The van der Waals surface area contributed by atoms with Gasteiger partial charge < -0.3 is 20.1 Å². The number of phenols is 1. The Bertz CT molecular complexity index is 935. The summed E-state index contributed by atoms with van der Waals surface area (Å²) in [5.74, 6) is 0.113. The van der Waals surface area contributed by atoms with E-state index >= 15 is 0 Å². The molecule has 0 fully saturated rings. The second kappa shape index (κ2) is 7.07. The number of amides is 1. The number of aromatic nitrogens is 3. The van der Waals surface area contributed by atoms with Gasteiger partial charge in [-0.25, -0.2) is 0 Å². The standard InChI is InChI=1S/C16H14N4O5/c21-9-17-15(25-8-11-3-1-2-4-14(11)22)10-5-6-13-12(7-10)18-19-20(13)16(23)24/h1-7,9,16,22-24H,8H2/b17-15-. The quantitative estimate of drug-likeness (QED) is 0.269. The molecule has 0 unspecified atom stereocenters. The van der Waals surface area contributed by atoms with Crippen LogP contribution >= 0.6 is 0 Å². The van der Waals surface area contributed by atoms with E-state index in [1.165, 1.54) is 6.07 Å². The van der Waals surface area contributed by atoms with Crippen molar-refractivity contribution >= 4 is 23.3 Å². The van der Waals surface area contributed by atoms with E-state index in [4.69, 9.17) is 4.74 Å². The van der Waals surface area contributed by atoms with Crippen molar-refractivity contribution in [1.29, 1.82) is 0 Å². The van der Waals surface area contributed by atoms with Gasteiger partial charge in [0.05, 0.1) is 5.52 Å². The molecule has 0 spiro atoms. The summed E-state index contributed by atoms with van der Waals surface area (Å²) in [6.07, 6.45) is -1.46. The van der Waals surface area contributed by atoms with Crippen LogP contribution in [-0.4, -0.2) is 42.6 Å². The van der Waals surface area contributed by atoms with E-state index in [0.717, 1.165) is 4.68 Å². The lowest BCUT2D eigenvalue weighted by molar-refractivity contribution is -0.108. The van der Waals surface area contributed by atoms with Crippen LogP contribution in [-0.2, 0) is 16.1 Å². The van der Waals surface area contributed by atoms with Crippen molar-refractivity contribution in [3.8, 4) is 5.75 Å². The van der Waals surface area contributed by atoms with Crippen LogP contribution in [0.3, 0.4) is 0 Å². The normalized spacial score (nSPS) is 11.9. The third kappa shape index (κ3) is 3.47. The number of aliphatic imine (C=N–C) groups is 1. The first-order valence-corrected chi connectivity index (χ1v) is 7.22. The molecule has 0 saturated heterocycles. The lowest BCUT2D eigenvalue weighted by Crippen LogP contribution is -2.09. The highest BCUT2D eigenvalue weighted by Crippen LogP contribution is 2.19. The number of carbonyl (C=O) groups excluding carboxylic acids is 1. The second-order valence-corrected chi connectivity index (χ2v) is 5.04. The molecule has 1 amide bonds. The fourth-order valence-corrected chi connectivity index (χ4v) is 2.27. The van der Waals surface area contributed by atoms with Crippen LogP contribution in [0, 0.1) is 0 Å². The van der Waals surface area contributed by atoms with E-state index < -0.39 is 6.41 Å². The summed E-state index contributed by atoms with van der Waals surface area (Å²) in [6, 6.07) is 11.3. The molecular weight excluding hydrogens is 328 g/mol. The number of aliphatic hydroxyl groups excluding tert-OH is 1. The van der Waals surface area contributed by atoms with Gasteiger partial charge in [-0.1, -0.05) is 23.4 Å². The molecule has 2 aromatic carbocycles. The number of aromatic hydroxyl groups is 1. The molecule has 9 heteroatoms. The van der Waals surface area contributed by atoms with Crippen LogP contribution in [0.4, 0.5) is 0 Å². The molecule has 0 atom stereocenters. The number of carbonyl (C=O) groups is 1. The van der Waals surface area contributed by atoms with E-state index in [2.05, 4.69) is 15.3 Å². The van der Waals surface area contributed by atoms with Crippen molar-refractivity contribution in [2.24, 2.45) is 4.99 Å². The number of hydrogen-bond donors (Lipinski definition) is 3. The topological polar surface area (TPSA) is 130 Å². The van der Waals surface area contributed by atoms with Gasteiger partial charge in [0.2, 0.25) is 12.3 Å². The van der Waals surface area contributed by atoms with E-state index in [1.54, 1.807) is 36.4 Å². The predicted molar refractivity (Wildman–Crippen MR) is 86.5 cm³/mol. The number of ether oxygens (including phenoxy) is 1. The number of aliphatic hydroxyl groups is 2. The van der Waals surface area contributed by atoms with Crippen LogP contribution in [0.25, 0.3) is 11.0 Å². The van der Waals surface area contributed by atoms with Crippen LogP contribution in [0.2, 0.25) is 0 Å². The minimum atomic E-state index is -1.81. The molecule has 0 aliphatic carbocycles. The molecule has 1 heterocycles. The molecule has 3 N–H and O–H groups in total. The monoisotopic (exact) mass is 342 g/mol. The number of phenolic OH excluding ortho intramolecular Hbond substituents is 1. The number of rotatable bonds is 5. The summed E-state index contributed by atoms with van der Waals surface area (Å²) >= 11 is 0. The van der Waals surface area contributed by atoms with Gasteiger partial charge in [0, 0.05) is 11.1 Å². The van der Waals surface area contributed by atoms with Crippen LogP contribution in [0.1, 0.15) is 17.5 Å². The number of fused-ring (bicyclic) bond motifs is 1. The molecule has 0 radical (unpaired) electrons. The molecule has 3 rings (SSSR count). The van der Waals surface area contributed by atoms with Crippen molar-refractivity contribution in [2.45, 2.75) is 13.0 Å². The van der Waals surface area contributed by atoms with Crippen molar-refractivity contribution in [2.75, 3.05) is 0 Å². The predicted octanol–water partition coefficient (Wildman–Crippen LogP) is 0.697. The summed E-state index contributed by atoms with van der Waals surface area (Å²) in [6.45, 7) is 0.0133. The summed E-state index contributed by atoms with van der Waals surface area (Å²) in [7, 11) is 0. The maximum atomic E-state index is 10.8. The maximum Gasteiger partial charge on any atom is 0.256 e. The third-order valence-electron chi connectivity index (χ3n) is 3.46. The summed E-state index contributed by atoms with van der Waals surface area (Å²) in [5, 5.41) is 35.6. The maximum absolute atomic E-state index is 10.8. The van der Waals surface area contributed by atoms with E-state index in [9.17, 15) is 20.1 Å². The van der Waals surface area contributed by atoms with Gasteiger partial charge in [0.25, 0.3) is 6.41 Å². The number of hydrogen-bond acceptors (Lipinski definition) is 7. The molecule has 9 nitrogen and oxygen atoms in total. The van der Waals surface area contributed by atoms with Gasteiger partial charge in [0.1, 0.15) is 17.9 Å². The van der Waals surface area contributed by atoms with Gasteiger partial charge in [-0.05, 0) is 24.3 Å². The highest BCUT2D eigenvalue weighted by atomic mass is 16.5. The third-order valence-corrected chi connectivity index (χ3v) is 3.46. The average Bonchev–Trinajstić information content (AvgIpc) is 3.03. The summed E-state index contributed by atoms with van der Waals surface area (Å²) in [4.78, 5) is 14.5. The van der Waals surface area contributed by atoms with Gasteiger partial charge in [-0.3, -0.25) is 4.79 Å². The molecule has 1 aromatic heterocycles. The molecule has 0 bridgehead atoms.